The molecule has 0 spiro atoms. The van der Waals surface area contributed by atoms with Crippen LogP contribution in [0.15, 0.2) is 18.2 Å². The summed E-state index contributed by atoms with van der Waals surface area (Å²) in [5.74, 6) is 0.140. The van der Waals surface area contributed by atoms with Gasteiger partial charge in [-0.3, -0.25) is 14.5 Å². The minimum atomic E-state index is -0.287. The van der Waals surface area contributed by atoms with Crippen molar-refractivity contribution in [2.45, 2.75) is 20.3 Å². The number of carbonyl (C=O) groups is 2. The van der Waals surface area contributed by atoms with Crippen molar-refractivity contribution in [1.29, 1.82) is 0 Å². The molecule has 0 saturated carbocycles. The quantitative estimate of drug-likeness (QED) is 0.675. The summed E-state index contributed by atoms with van der Waals surface area (Å²) in [4.78, 5) is 26.2. The van der Waals surface area contributed by atoms with E-state index in [-0.39, 0.29) is 30.3 Å². The van der Waals surface area contributed by atoms with Crippen LogP contribution in [0.1, 0.15) is 18.9 Å². The minimum absolute atomic E-state index is 0.0715. The van der Waals surface area contributed by atoms with E-state index in [2.05, 4.69) is 22.5 Å². The molecule has 7 nitrogen and oxygen atoms in total. The van der Waals surface area contributed by atoms with Gasteiger partial charge in [0, 0.05) is 6.54 Å². The Kier molecular flexibility index (Phi) is 6.39. The summed E-state index contributed by atoms with van der Waals surface area (Å²) in [6.07, 6.45) is 0.990. The maximum Gasteiger partial charge on any atom is 0.243 e. The van der Waals surface area contributed by atoms with Gasteiger partial charge < -0.3 is 21.1 Å². The zero-order valence-corrected chi connectivity index (χ0v) is 15.2. The number of ether oxygens (including phenoxy) is 1. The van der Waals surface area contributed by atoms with Gasteiger partial charge in [-0.25, -0.2) is 0 Å². The predicted octanol–water partition coefficient (Wildman–Crippen LogP) is 0.729. The third kappa shape index (κ3) is 5.44. The number of aryl methyl sites for hydroxylation is 1. The number of anilines is 1. The maximum atomic E-state index is 12.1. The van der Waals surface area contributed by atoms with Crippen LogP contribution in [0.4, 0.5) is 5.69 Å². The first-order valence-corrected chi connectivity index (χ1v) is 8.49. The van der Waals surface area contributed by atoms with Crippen molar-refractivity contribution in [3.63, 3.8) is 0 Å². The Morgan fingerprint density at radius 2 is 2.12 bits per heavy atom. The molecule has 7 heteroatoms. The Morgan fingerprint density at radius 3 is 2.76 bits per heavy atom. The summed E-state index contributed by atoms with van der Waals surface area (Å²) in [7, 11) is 1.55. The number of nitrogens with zero attached hydrogens (tertiary/aromatic N) is 1. The molecule has 25 heavy (non-hydrogen) atoms. The summed E-state index contributed by atoms with van der Waals surface area (Å²) >= 11 is 0. The highest BCUT2D eigenvalue weighted by molar-refractivity contribution is 5.96. The monoisotopic (exact) mass is 348 g/mol. The maximum absolute atomic E-state index is 12.1. The van der Waals surface area contributed by atoms with E-state index >= 15 is 0 Å². The van der Waals surface area contributed by atoms with Crippen molar-refractivity contribution in [2.24, 2.45) is 11.1 Å². The highest BCUT2D eigenvalue weighted by Crippen LogP contribution is 2.28. The highest BCUT2D eigenvalue weighted by Gasteiger charge is 2.33. The lowest BCUT2D eigenvalue weighted by Crippen LogP contribution is -2.41. The Balaban J connectivity index is 1.78. The lowest BCUT2D eigenvalue weighted by Gasteiger charge is -2.22. The van der Waals surface area contributed by atoms with E-state index in [9.17, 15) is 9.59 Å². The Labute approximate surface area is 148 Å². The molecular weight excluding hydrogens is 320 g/mol. The molecule has 1 aliphatic rings. The van der Waals surface area contributed by atoms with Crippen molar-refractivity contribution in [2.75, 3.05) is 45.2 Å². The fraction of sp³-hybridized carbons (Fsp3) is 0.556. The molecular formula is C18H28N4O3. The van der Waals surface area contributed by atoms with E-state index in [1.807, 2.05) is 19.1 Å². The van der Waals surface area contributed by atoms with Crippen LogP contribution in [-0.2, 0) is 9.59 Å². The summed E-state index contributed by atoms with van der Waals surface area (Å²) in [5.41, 5.74) is 7.47. The molecule has 0 radical (unpaired) electrons. The number of benzene rings is 1. The van der Waals surface area contributed by atoms with Gasteiger partial charge in [0.1, 0.15) is 5.75 Å². The first kappa shape index (κ1) is 19.2. The standard InChI is InChI=1S/C18H28N4O3/c1-13-4-5-15(25-3)14(8-13)21-16(23)9-20-17(24)10-22-7-6-18(2,11-19)12-22/h4-5,8H,6-7,9-12,19H2,1-3H3,(H,20,24)(H,21,23). The van der Waals surface area contributed by atoms with Crippen LogP contribution >= 0.6 is 0 Å². The molecule has 2 rings (SSSR count). The Hall–Kier alpha value is -2.12. The van der Waals surface area contributed by atoms with E-state index in [1.165, 1.54) is 0 Å². The Bertz CT molecular complexity index is 635. The van der Waals surface area contributed by atoms with Crippen molar-refractivity contribution in [3.05, 3.63) is 23.8 Å². The van der Waals surface area contributed by atoms with Crippen molar-refractivity contribution in [3.8, 4) is 5.75 Å². The van der Waals surface area contributed by atoms with E-state index in [1.54, 1.807) is 13.2 Å². The third-order valence-electron chi connectivity index (χ3n) is 4.57. The van der Waals surface area contributed by atoms with E-state index < -0.39 is 0 Å². The van der Waals surface area contributed by atoms with Crippen LogP contribution < -0.4 is 21.1 Å². The molecule has 1 aliphatic heterocycles. The summed E-state index contributed by atoms with van der Waals surface area (Å²) < 4.78 is 5.23. The third-order valence-corrected chi connectivity index (χ3v) is 4.57. The summed E-state index contributed by atoms with van der Waals surface area (Å²) in [5, 5.41) is 5.43. The van der Waals surface area contributed by atoms with Crippen LogP contribution in [-0.4, -0.2) is 56.5 Å². The fourth-order valence-electron chi connectivity index (χ4n) is 2.98. The van der Waals surface area contributed by atoms with Crippen molar-refractivity contribution < 1.29 is 14.3 Å². The zero-order chi connectivity index (χ0) is 18.4. The molecule has 0 aromatic heterocycles. The molecule has 1 saturated heterocycles. The fourth-order valence-corrected chi connectivity index (χ4v) is 2.98. The first-order valence-electron chi connectivity index (χ1n) is 8.49. The summed E-state index contributed by atoms with van der Waals surface area (Å²) in [6, 6.07) is 5.53. The topological polar surface area (TPSA) is 96.7 Å². The van der Waals surface area contributed by atoms with Crippen molar-refractivity contribution >= 4 is 17.5 Å². The number of methoxy groups -OCH3 is 1. The predicted molar refractivity (Wildman–Crippen MR) is 97.6 cm³/mol. The molecule has 0 aliphatic carbocycles. The lowest BCUT2D eigenvalue weighted by molar-refractivity contribution is -0.124. The molecule has 138 valence electrons. The van der Waals surface area contributed by atoms with Gasteiger partial charge in [-0.2, -0.15) is 0 Å². The molecule has 1 fully saturated rings. The molecule has 0 bridgehead atoms. The Morgan fingerprint density at radius 1 is 1.36 bits per heavy atom. The van der Waals surface area contributed by atoms with E-state index in [0.29, 0.717) is 18.0 Å². The number of hydrogen-bond donors (Lipinski definition) is 3. The smallest absolute Gasteiger partial charge is 0.243 e. The van der Waals surface area contributed by atoms with Crippen LogP contribution in [0.25, 0.3) is 0 Å². The minimum Gasteiger partial charge on any atom is -0.495 e. The van der Waals surface area contributed by atoms with E-state index in [0.717, 1.165) is 25.1 Å². The van der Waals surface area contributed by atoms with Gasteiger partial charge >= 0.3 is 0 Å². The van der Waals surface area contributed by atoms with Crippen molar-refractivity contribution in [1.82, 2.24) is 10.2 Å². The van der Waals surface area contributed by atoms with Gasteiger partial charge in [-0.05, 0) is 49.5 Å². The van der Waals surface area contributed by atoms with Crippen LogP contribution in [0, 0.1) is 12.3 Å². The average molecular weight is 348 g/mol. The first-order chi connectivity index (χ1) is 11.8. The number of hydrogen-bond acceptors (Lipinski definition) is 5. The van der Waals surface area contributed by atoms with Gasteiger partial charge in [0.15, 0.2) is 0 Å². The lowest BCUT2D eigenvalue weighted by atomic mass is 9.90. The number of nitrogens with two attached hydrogens (primary N) is 1. The molecule has 1 aromatic carbocycles. The molecule has 1 atom stereocenters. The second kappa shape index (κ2) is 8.31. The average Bonchev–Trinajstić information content (AvgIpc) is 2.95. The highest BCUT2D eigenvalue weighted by atomic mass is 16.5. The van der Waals surface area contributed by atoms with E-state index in [4.69, 9.17) is 10.5 Å². The normalized spacial score (nSPS) is 20.3. The van der Waals surface area contributed by atoms with Gasteiger partial charge in [-0.1, -0.05) is 13.0 Å². The van der Waals surface area contributed by atoms with Gasteiger partial charge in [-0.15, -0.1) is 0 Å². The molecule has 2 amide bonds. The van der Waals surface area contributed by atoms with Gasteiger partial charge in [0.25, 0.3) is 0 Å². The number of rotatable bonds is 7. The second-order valence-corrected chi connectivity index (χ2v) is 7.00. The molecule has 1 unspecified atom stereocenters. The SMILES string of the molecule is COc1ccc(C)cc1NC(=O)CNC(=O)CN1CCC(C)(CN)C1. The number of likely N-dealkylation sites (tertiary alicyclic amines) is 1. The largest absolute Gasteiger partial charge is 0.495 e. The summed E-state index contributed by atoms with van der Waals surface area (Å²) in [6.45, 7) is 6.56. The van der Waals surface area contributed by atoms with Crippen LogP contribution in [0.5, 0.6) is 5.75 Å². The number of carbonyl (C=O) groups excluding carboxylic acids is 2. The molecule has 1 aromatic rings. The second-order valence-electron chi connectivity index (χ2n) is 7.00. The number of amides is 2. The van der Waals surface area contributed by atoms with Gasteiger partial charge in [0.2, 0.25) is 11.8 Å². The van der Waals surface area contributed by atoms with Gasteiger partial charge in [0.05, 0.1) is 25.9 Å². The number of nitrogens with one attached hydrogen (secondary N) is 2. The van der Waals surface area contributed by atoms with Crippen LogP contribution in [0.3, 0.4) is 0 Å². The van der Waals surface area contributed by atoms with Crippen LogP contribution in [0.2, 0.25) is 0 Å². The molecule has 1 heterocycles. The molecule has 4 N–H and O–H groups in total. The zero-order valence-electron chi connectivity index (χ0n) is 15.2.